The average molecular weight is 385 g/mol. The fraction of sp³-hybridized carbons (Fsp3) is 0.333. The molecule has 1 fully saturated rings. The zero-order valence-corrected chi connectivity index (χ0v) is 15.5. The van der Waals surface area contributed by atoms with Crippen molar-refractivity contribution < 1.29 is 18.7 Å². The molecule has 0 saturated carbocycles. The molecule has 3 rings (SSSR count). The Balaban J connectivity index is 1.41. The highest BCUT2D eigenvalue weighted by molar-refractivity contribution is 5.89. The van der Waals surface area contributed by atoms with Crippen LogP contribution in [0.2, 0.25) is 0 Å². The lowest BCUT2D eigenvalue weighted by Crippen LogP contribution is -2.33. The number of nitrogens with one attached hydrogen (secondary N) is 3. The first-order valence-electron chi connectivity index (χ1n) is 9.34. The molecule has 1 saturated heterocycles. The largest absolute Gasteiger partial charge is 0.381 e. The van der Waals surface area contributed by atoms with Crippen LogP contribution in [-0.4, -0.2) is 25.2 Å². The van der Waals surface area contributed by atoms with E-state index in [1.165, 1.54) is 12.1 Å². The minimum absolute atomic E-state index is 0.0273. The van der Waals surface area contributed by atoms with E-state index in [0.717, 1.165) is 24.0 Å². The number of halogens is 1. The molecule has 148 valence electrons. The average Bonchev–Trinajstić information content (AvgIpc) is 2.73. The molecule has 0 aliphatic carbocycles. The molecule has 0 spiro atoms. The molecule has 1 heterocycles. The molecule has 1 aliphatic rings. The van der Waals surface area contributed by atoms with E-state index in [2.05, 4.69) is 16.0 Å². The van der Waals surface area contributed by atoms with Gasteiger partial charge in [0.25, 0.3) is 0 Å². The fourth-order valence-corrected chi connectivity index (χ4v) is 2.96. The SMILES string of the molecule is O=C(NCc1ccc(F)cc1)Nc1ccc(CNC(=O)C2CCOCC2)cc1. The second-order valence-electron chi connectivity index (χ2n) is 6.74. The van der Waals surface area contributed by atoms with Crippen LogP contribution < -0.4 is 16.0 Å². The van der Waals surface area contributed by atoms with Gasteiger partial charge in [-0.15, -0.1) is 0 Å². The van der Waals surface area contributed by atoms with E-state index in [0.29, 0.717) is 32.0 Å². The van der Waals surface area contributed by atoms with Crippen molar-refractivity contribution in [1.29, 1.82) is 0 Å². The van der Waals surface area contributed by atoms with E-state index >= 15 is 0 Å². The maximum absolute atomic E-state index is 12.9. The van der Waals surface area contributed by atoms with E-state index in [-0.39, 0.29) is 23.7 Å². The van der Waals surface area contributed by atoms with Gasteiger partial charge in [0.1, 0.15) is 5.82 Å². The Kier molecular flexibility index (Phi) is 6.97. The van der Waals surface area contributed by atoms with Crippen molar-refractivity contribution in [3.8, 4) is 0 Å². The van der Waals surface area contributed by atoms with Crippen LogP contribution in [-0.2, 0) is 22.6 Å². The van der Waals surface area contributed by atoms with Crippen molar-refractivity contribution in [2.45, 2.75) is 25.9 Å². The highest BCUT2D eigenvalue weighted by atomic mass is 19.1. The lowest BCUT2D eigenvalue weighted by atomic mass is 9.99. The Hall–Kier alpha value is -2.93. The number of benzene rings is 2. The molecule has 1 aliphatic heterocycles. The predicted molar refractivity (Wildman–Crippen MR) is 104 cm³/mol. The van der Waals surface area contributed by atoms with Crippen LogP contribution in [0.5, 0.6) is 0 Å². The van der Waals surface area contributed by atoms with Crippen LogP contribution >= 0.6 is 0 Å². The Bertz CT molecular complexity index is 788. The first-order chi connectivity index (χ1) is 13.6. The van der Waals surface area contributed by atoms with Crippen molar-refractivity contribution in [3.63, 3.8) is 0 Å². The topological polar surface area (TPSA) is 79.5 Å². The van der Waals surface area contributed by atoms with E-state index in [1.807, 2.05) is 12.1 Å². The van der Waals surface area contributed by atoms with Gasteiger partial charge in [0, 0.05) is 37.9 Å². The molecular formula is C21H24FN3O3. The molecule has 2 aromatic rings. The van der Waals surface area contributed by atoms with Crippen molar-refractivity contribution in [2.24, 2.45) is 5.92 Å². The molecular weight excluding hydrogens is 361 g/mol. The molecule has 0 bridgehead atoms. The number of ether oxygens (including phenoxy) is 1. The number of hydrogen-bond acceptors (Lipinski definition) is 3. The van der Waals surface area contributed by atoms with Gasteiger partial charge in [-0.25, -0.2) is 9.18 Å². The van der Waals surface area contributed by atoms with E-state index < -0.39 is 0 Å². The lowest BCUT2D eigenvalue weighted by molar-refractivity contribution is -0.128. The second kappa shape index (κ2) is 9.85. The van der Waals surface area contributed by atoms with Gasteiger partial charge in [-0.1, -0.05) is 24.3 Å². The van der Waals surface area contributed by atoms with Crippen LogP contribution in [0.4, 0.5) is 14.9 Å². The zero-order valence-electron chi connectivity index (χ0n) is 15.5. The normalized spacial score (nSPS) is 14.3. The maximum atomic E-state index is 12.9. The zero-order chi connectivity index (χ0) is 19.8. The van der Waals surface area contributed by atoms with Crippen LogP contribution in [0.25, 0.3) is 0 Å². The van der Waals surface area contributed by atoms with Crippen molar-refractivity contribution in [3.05, 3.63) is 65.5 Å². The molecule has 3 N–H and O–H groups in total. The summed E-state index contributed by atoms with van der Waals surface area (Å²) in [5.74, 6) is -0.220. The maximum Gasteiger partial charge on any atom is 0.319 e. The fourth-order valence-electron chi connectivity index (χ4n) is 2.96. The summed E-state index contributed by atoms with van der Waals surface area (Å²) in [6.07, 6.45) is 1.53. The van der Waals surface area contributed by atoms with Crippen LogP contribution in [0.3, 0.4) is 0 Å². The van der Waals surface area contributed by atoms with Gasteiger partial charge in [0.05, 0.1) is 0 Å². The van der Waals surface area contributed by atoms with Gasteiger partial charge >= 0.3 is 6.03 Å². The van der Waals surface area contributed by atoms with Crippen LogP contribution in [0.15, 0.2) is 48.5 Å². The number of amides is 3. The van der Waals surface area contributed by atoms with E-state index in [9.17, 15) is 14.0 Å². The second-order valence-corrected chi connectivity index (χ2v) is 6.74. The van der Waals surface area contributed by atoms with E-state index in [4.69, 9.17) is 4.74 Å². The summed E-state index contributed by atoms with van der Waals surface area (Å²) >= 11 is 0. The molecule has 0 atom stereocenters. The van der Waals surface area contributed by atoms with Crippen molar-refractivity contribution >= 4 is 17.6 Å². The van der Waals surface area contributed by atoms with Crippen LogP contribution in [0.1, 0.15) is 24.0 Å². The highest BCUT2D eigenvalue weighted by Gasteiger charge is 2.20. The monoisotopic (exact) mass is 385 g/mol. The molecule has 3 amide bonds. The number of carbonyl (C=O) groups excluding carboxylic acids is 2. The lowest BCUT2D eigenvalue weighted by Gasteiger charge is -2.21. The molecule has 6 nitrogen and oxygen atoms in total. The number of urea groups is 1. The van der Waals surface area contributed by atoms with Crippen molar-refractivity contribution in [1.82, 2.24) is 10.6 Å². The van der Waals surface area contributed by atoms with Gasteiger partial charge in [-0.3, -0.25) is 4.79 Å². The molecule has 0 radical (unpaired) electrons. The summed E-state index contributed by atoms with van der Waals surface area (Å²) in [5.41, 5.74) is 2.42. The Morgan fingerprint density at radius 1 is 0.893 bits per heavy atom. The van der Waals surface area contributed by atoms with Crippen LogP contribution in [0, 0.1) is 11.7 Å². The Morgan fingerprint density at radius 3 is 2.11 bits per heavy atom. The third kappa shape index (κ3) is 6.06. The van der Waals surface area contributed by atoms with Gasteiger partial charge < -0.3 is 20.7 Å². The van der Waals surface area contributed by atoms with Gasteiger partial charge in [-0.2, -0.15) is 0 Å². The molecule has 0 unspecified atom stereocenters. The molecule has 2 aromatic carbocycles. The highest BCUT2D eigenvalue weighted by Crippen LogP contribution is 2.15. The number of hydrogen-bond donors (Lipinski definition) is 3. The number of rotatable bonds is 6. The summed E-state index contributed by atoms with van der Waals surface area (Å²) < 4.78 is 18.1. The summed E-state index contributed by atoms with van der Waals surface area (Å²) in [6.45, 7) is 2.04. The standard InChI is InChI=1S/C21H24FN3O3/c22-18-5-1-15(2-6-18)14-24-21(27)25-19-7-3-16(4-8-19)13-23-20(26)17-9-11-28-12-10-17/h1-8,17H,9-14H2,(H,23,26)(H2,24,25,27). The molecule has 28 heavy (non-hydrogen) atoms. The Morgan fingerprint density at radius 2 is 1.46 bits per heavy atom. The third-order valence-electron chi connectivity index (χ3n) is 4.64. The predicted octanol–water partition coefficient (Wildman–Crippen LogP) is 3.19. The smallest absolute Gasteiger partial charge is 0.319 e. The molecule has 0 aromatic heterocycles. The third-order valence-corrected chi connectivity index (χ3v) is 4.64. The summed E-state index contributed by atoms with van der Waals surface area (Å²) in [5, 5.41) is 8.41. The summed E-state index contributed by atoms with van der Waals surface area (Å²) in [7, 11) is 0. The van der Waals surface area contributed by atoms with Gasteiger partial charge in [0.15, 0.2) is 0 Å². The van der Waals surface area contributed by atoms with Gasteiger partial charge in [0.2, 0.25) is 5.91 Å². The van der Waals surface area contributed by atoms with E-state index in [1.54, 1.807) is 24.3 Å². The minimum atomic E-state index is -0.343. The van der Waals surface area contributed by atoms with Gasteiger partial charge in [-0.05, 0) is 48.2 Å². The minimum Gasteiger partial charge on any atom is -0.381 e. The van der Waals surface area contributed by atoms with Crippen molar-refractivity contribution in [2.75, 3.05) is 18.5 Å². The first kappa shape index (κ1) is 19.8. The summed E-state index contributed by atoms with van der Waals surface area (Å²) in [6, 6.07) is 12.9. The Labute approximate surface area is 163 Å². The summed E-state index contributed by atoms with van der Waals surface area (Å²) in [4.78, 5) is 24.1. The molecule has 7 heteroatoms. The first-order valence-corrected chi connectivity index (χ1v) is 9.34. The quantitative estimate of drug-likeness (QED) is 0.715. The number of carbonyl (C=O) groups is 2. The number of anilines is 1.